The quantitative estimate of drug-likeness (QED) is 0.788. The predicted octanol–water partition coefficient (Wildman–Crippen LogP) is 2.61. The molecule has 0 radical (unpaired) electrons. The summed E-state index contributed by atoms with van der Waals surface area (Å²) in [7, 11) is 0. The minimum absolute atomic E-state index is 0.675. The van der Waals surface area contributed by atoms with Gasteiger partial charge in [0.05, 0.1) is 0 Å². The van der Waals surface area contributed by atoms with Crippen molar-refractivity contribution < 1.29 is 0 Å². The van der Waals surface area contributed by atoms with Crippen molar-refractivity contribution in [2.75, 3.05) is 19.6 Å². The van der Waals surface area contributed by atoms with E-state index in [2.05, 4.69) is 22.8 Å². The van der Waals surface area contributed by atoms with Gasteiger partial charge in [-0.05, 0) is 50.0 Å². The van der Waals surface area contributed by atoms with Crippen molar-refractivity contribution in [1.82, 2.24) is 10.6 Å². The Balaban J connectivity index is 1.60. The van der Waals surface area contributed by atoms with Crippen LogP contribution in [0, 0.1) is 0 Å². The first-order chi connectivity index (χ1) is 8.34. The first-order valence-electron chi connectivity index (χ1n) is 6.53. The number of benzene rings is 1. The van der Waals surface area contributed by atoms with Crippen LogP contribution in [0.3, 0.4) is 0 Å². The van der Waals surface area contributed by atoms with Crippen LogP contribution in [0.15, 0.2) is 24.3 Å². The molecule has 1 fully saturated rings. The molecule has 0 saturated carbocycles. The minimum atomic E-state index is 0.675. The van der Waals surface area contributed by atoms with E-state index >= 15 is 0 Å². The number of rotatable bonds is 5. The number of hydrogen-bond donors (Lipinski definition) is 2. The van der Waals surface area contributed by atoms with Gasteiger partial charge in [-0.25, -0.2) is 0 Å². The molecule has 17 heavy (non-hydrogen) atoms. The topological polar surface area (TPSA) is 24.1 Å². The zero-order valence-electron chi connectivity index (χ0n) is 10.2. The lowest BCUT2D eigenvalue weighted by Gasteiger charge is -2.23. The third-order valence-electron chi connectivity index (χ3n) is 3.31. The van der Waals surface area contributed by atoms with E-state index in [1.54, 1.807) is 0 Å². The zero-order valence-corrected chi connectivity index (χ0v) is 11.0. The Morgan fingerprint density at radius 3 is 2.76 bits per heavy atom. The molecule has 0 spiro atoms. The molecule has 0 aliphatic carbocycles. The van der Waals surface area contributed by atoms with E-state index in [4.69, 9.17) is 11.6 Å². The van der Waals surface area contributed by atoms with Crippen LogP contribution < -0.4 is 10.6 Å². The van der Waals surface area contributed by atoms with Gasteiger partial charge < -0.3 is 10.6 Å². The fourth-order valence-electron chi connectivity index (χ4n) is 2.26. The molecule has 0 amide bonds. The Morgan fingerprint density at radius 2 is 2.06 bits per heavy atom. The van der Waals surface area contributed by atoms with E-state index in [-0.39, 0.29) is 0 Å². The summed E-state index contributed by atoms with van der Waals surface area (Å²) in [4.78, 5) is 0. The molecule has 1 heterocycles. The SMILES string of the molecule is Clc1ccc(CCNCC2CCCCN2)cc1. The molecule has 0 aromatic heterocycles. The van der Waals surface area contributed by atoms with Gasteiger partial charge >= 0.3 is 0 Å². The van der Waals surface area contributed by atoms with Gasteiger partial charge in [0.1, 0.15) is 0 Å². The summed E-state index contributed by atoms with van der Waals surface area (Å²) in [6.07, 6.45) is 5.09. The van der Waals surface area contributed by atoms with Crippen molar-refractivity contribution >= 4 is 11.6 Å². The molecule has 1 aliphatic heterocycles. The Kier molecular flexibility index (Phi) is 5.30. The minimum Gasteiger partial charge on any atom is -0.315 e. The summed E-state index contributed by atoms with van der Waals surface area (Å²) >= 11 is 5.85. The fourth-order valence-corrected chi connectivity index (χ4v) is 2.38. The monoisotopic (exact) mass is 252 g/mol. The molecule has 1 aliphatic rings. The predicted molar refractivity (Wildman–Crippen MR) is 73.7 cm³/mol. The van der Waals surface area contributed by atoms with Crippen molar-refractivity contribution in [3.8, 4) is 0 Å². The molecule has 3 heteroatoms. The molecular weight excluding hydrogens is 232 g/mol. The molecule has 0 bridgehead atoms. The Labute approximate surface area is 109 Å². The molecule has 2 nitrogen and oxygen atoms in total. The summed E-state index contributed by atoms with van der Waals surface area (Å²) in [5.41, 5.74) is 1.35. The van der Waals surface area contributed by atoms with Gasteiger partial charge in [-0.3, -0.25) is 0 Å². The van der Waals surface area contributed by atoms with Crippen LogP contribution in [0.4, 0.5) is 0 Å². The van der Waals surface area contributed by atoms with E-state index < -0.39 is 0 Å². The average molecular weight is 253 g/mol. The second kappa shape index (κ2) is 7.00. The van der Waals surface area contributed by atoms with Crippen LogP contribution in [0.25, 0.3) is 0 Å². The van der Waals surface area contributed by atoms with E-state index in [0.29, 0.717) is 6.04 Å². The summed E-state index contributed by atoms with van der Waals surface area (Å²) in [6.45, 7) is 3.32. The highest BCUT2D eigenvalue weighted by molar-refractivity contribution is 6.30. The maximum Gasteiger partial charge on any atom is 0.0406 e. The average Bonchev–Trinajstić information content (AvgIpc) is 2.38. The first kappa shape index (κ1) is 12.9. The smallest absolute Gasteiger partial charge is 0.0406 e. The molecule has 1 saturated heterocycles. The number of nitrogens with one attached hydrogen (secondary N) is 2. The first-order valence-corrected chi connectivity index (χ1v) is 6.91. The molecular formula is C14H21ClN2. The summed E-state index contributed by atoms with van der Waals surface area (Å²) in [6, 6.07) is 8.79. The van der Waals surface area contributed by atoms with E-state index in [1.807, 2.05) is 12.1 Å². The highest BCUT2D eigenvalue weighted by Gasteiger charge is 2.10. The van der Waals surface area contributed by atoms with Crippen molar-refractivity contribution in [3.05, 3.63) is 34.9 Å². The third-order valence-corrected chi connectivity index (χ3v) is 3.56. The van der Waals surface area contributed by atoms with Gasteiger partial charge in [-0.1, -0.05) is 30.2 Å². The Morgan fingerprint density at radius 1 is 1.24 bits per heavy atom. The number of hydrogen-bond acceptors (Lipinski definition) is 2. The third kappa shape index (κ3) is 4.66. The Bertz CT molecular complexity index is 317. The van der Waals surface area contributed by atoms with E-state index in [9.17, 15) is 0 Å². The lowest BCUT2D eigenvalue weighted by atomic mass is 10.1. The van der Waals surface area contributed by atoms with E-state index in [0.717, 1.165) is 24.5 Å². The molecule has 1 unspecified atom stereocenters. The van der Waals surface area contributed by atoms with E-state index in [1.165, 1.54) is 31.4 Å². The lowest BCUT2D eigenvalue weighted by molar-refractivity contribution is 0.384. The maximum atomic E-state index is 5.85. The van der Waals surface area contributed by atoms with Crippen LogP contribution in [-0.4, -0.2) is 25.7 Å². The Hall–Kier alpha value is -0.570. The van der Waals surface area contributed by atoms with Crippen LogP contribution in [0.1, 0.15) is 24.8 Å². The second-order valence-corrected chi connectivity index (χ2v) is 5.16. The van der Waals surface area contributed by atoms with Gasteiger partial charge in [-0.15, -0.1) is 0 Å². The summed E-state index contributed by atoms with van der Waals surface area (Å²) in [5, 5.41) is 7.88. The molecule has 1 aromatic rings. The van der Waals surface area contributed by atoms with Crippen LogP contribution in [0.2, 0.25) is 5.02 Å². The number of halogens is 1. The molecule has 94 valence electrons. The van der Waals surface area contributed by atoms with Crippen LogP contribution >= 0.6 is 11.6 Å². The van der Waals surface area contributed by atoms with Crippen molar-refractivity contribution in [3.63, 3.8) is 0 Å². The van der Waals surface area contributed by atoms with Crippen molar-refractivity contribution in [2.24, 2.45) is 0 Å². The fraction of sp³-hybridized carbons (Fsp3) is 0.571. The van der Waals surface area contributed by atoms with Gasteiger partial charge in [0.15, 0.2) is 0 Å². The zero-order chi connectivity index (χ0) is 11.9. The maximum absolute atomic E-state index is 5.85. The van der Waals surface area contributed by atoms with Gasteiger partial charge in [-0.2, -0.15) is 0 Å². The second-order valence-electron chi connectivity index (χ2n) is 4.73. The summed E-state index contributed by atoms with van der Waals surface area (Å²) in [5.74, 6) is 0. The van der Waals surface area contributed by atoms with Gasteiger partial charge in [0.25, 0.3) is 0 Å². The highest BCUT2D eigenvalue weighted by Crippen LogP contribution is 2.09. The normalized spacial score (nSPS) is 20.4. The van der Waals surface area contributed by atoms with Crippen LogP contribution in [0.5, 0.6) is 0 Å². The van der Waals surface area contributed by atoms with Gasteiger partial charge in [0, 0.05) is 17.6 Å². The molecule has 1 aromatic carbocycles. The van der Waals surface area contributed by atoms with Crippen molar-refractivity contribution in [2.45, 2.75) is 31.7 Å². The molecule has 2 rings (SSSR count). The highest BCUT2D eigenvalue weighted by atomic mass is 35.5. The van der Waals surface area contributed by atoms with Crippen LogP contribution in [-0.2, 0) is 6.42 Å². The molecule has 1 atom stereocenters. The van der Waals surface area contributed by atoms with Crippen molar-refractivity contribution in [1.29, 1.82) is 0 Å². The largest absolute Gasteiger partial charge is 0.315 e. The molecule has 2 N–H and O–H groups in total. The lowest BCUT2D eigenvalue weighted by Crippen LogP contribution is -2.42. The summed E-state index contributed by atoms with van der Waals surface area (Å²) < 4.78 is 0. The van der Waals surface area contributed by atoms with Gasteiger partial charge in [0.2, 0.25) is 0 Å². The number of piperidine rings is 1. The standard InChI is InChI=1S/C14H21ClN2/c15-13-6-4-12(5-7-13)8-10-16-11-14-3-1-2-9-17-14/h4-7,14,16-17H,1-3,8-11H2.